The first kappa shape index (κ1) is 12.8. The molecule has 0 saturated heterocycles. The Labute approximate surface area is 108 Å². The van der Waals surface area contributed by atoms with E-state index < -0.39 is 6.04 Å². The number of rotatable bonds is 4. The summed E-state index contributed by atoms with van der Waals surface area (Å²) in [6.45, 7) is 4.15. The van der Waals surface area contributed by atoms with E-state index >= 15 is 0 Å². The van der Waals surface area contributed by atoms with Gasteiger partial charge in [-0.15, -0.1) is 0 Å². The highest BCUT2D eigenvalue weighted by molar-refractivity contribution is 6.02. The van der Waals surface area contributed by atoms with Crippen molar-refractivity contribution in [1.29, 1.82) is 0 Å². The van der Waals surface area contributed by atoms with Crippen molar-refractivity contribution in [1.82, 2.24) is 0 Å². The number of nitrogens with two attached hydrogens (primary N) is 1. The number of carbonyl (C=O) groups excluding carboxylic acids is 1. The third-order valence-electron chi connectivity index (χ3n) is 3.10. The average molecular weight is 241 g/mol. The van der Waals surface area contributed by atoms with Crippen LogP contribution in [0.1, 0.15) is 30.6 Å². The molecule has 94 valence electrons. The first-order valence-corrected chi connectivity index (χ1v) is 6.36. The Bertz CT molecular complexity index is 560. The van der Waals surface area contributed by atoms with Crippen molar-refractivity contribution in [3.8, 4) is 0 Å². The van der Waals surface area contributed by atoms with E-state index in [1.807, 2.05) is 42.5 Å². The molecule has 0 heterocycles. The molecule has 0 aromatic heterocycles. The molecule has 2 heteroatoms. The fraction of sp³-hybridized carbons (Fsp3) is 0.312. The molecule has 0 fully saturated rings. The number of benzene rings is 2. The van der Waals surface area contributed by atoms with Gasteiger partial charge >= 0.3 is 0 Å². The second-order valence-corrected chi connectivity index (χ2v) is 5.16. The van der Waals surface area contributed by atoms with Gasteiger partial charge in [0.15, 0.2) is 5.78 Å². The van der Waals surface area contributed by atoms with Crippen molar-refractivity contribution in [2.75, 3.05) is 0 Å². The first-order chi connectivity index (χ1) is 8.58. The zero-order valence-corrected chi connectivity index (χ0v) is 10.9. The van der Waals surface area contributed by atoms with Crippen molar-refractivity contribution < 1.29 is 4.79 Å². The maximum atomic E-state index is 12.2. The minimum Gasteiger partial charge on any atom is -0.321 e. The van der Waals surface area contributed by atoms with Crippen molar-refractivity contribution in [3.05, 3.63) is 48.0 Å². The van der Waals surface area contributed by atoms with E-state index in [2.05, 4.69) is 13.8 Å². The molecule has 2 N–H and O–H groups in total. The highest BCUT2D eigenvalue weighted by atomic mass is 16.1. The molecule has 0 spiro atoms. The van der Waals surface area contributed by atoms with E-state index in [0.29, 0.717) is 11.5 Å². The summed E-state index contributed by atoms with van der Waals surface area (Å²) in [5.41, 5.74) is 6.65. The molecule has 0 amide bonds. The SMILES string of the molecule is CC(C)C[C@@H](N)C(=O)c1ccc2ccccc2c1. The molecular weight excluding hydrogens is 222 g/mol. The molecule has 18 heavy (non-hydrogen) atoms. The maximum Gasteiger partial charge on any atom is 0.179 e. The smallest absolute Gasteiger partial charge is 0.179 e. The Hall–Kier alpha value is -1.67. The van der Waals surface area contributed by atoms with E-state index in [-0.39, 0.29) is 5.78 Å². The standard InChI is InChI=1S/C16H19NO/c1-11(2)9-15(17)16(18)14-8-7-12-5-3-4-6-13(12)10-14/h3-8,10-11,15H,9,17H2,1-2H3/t15-/m1/s1. The first-order valence-electron chi connectivity index (χ1n) is 6.36. The summed E-state index contributed by atoms with van der Waals surface area (Å²) >= 11 is 0. The zero-order valence-electron chi connectivity index (χ0n) is 10.9. The normalized spacial score (nSPS) is 12.9. The molecular formula is C16H19NO. The van der Waals surface area contributed by atoms with Crippen LogP contribution in [0.25, 0.3) is 10.8 Å². The monoisotopic (exact) mass is 241 g/mol. The minimum atomic E-state index is -0.397. The molecule has 2 rings (SSSR count). The van der Waals surface area contributed by atoms with Crippen LogP contribution in [0.4, 0.5) is 0 Å². The summed E-state index contributed by atoms with van der Waals surface area (Å²) in [5, 5.41) is 2.23. The predicted octanol–water partition coefficient (Wildman–Crippen LogP) is 3.40. The molecule has 2 aromatic carbocycles. The van der Waals surface area contributed by atoms with Gasteiger partial charge in [0, 0.05) is 5.56 Å². The minimum absolute atomic E-state index is 0.0365. The van der Waals surface area contributed by atoms with Gasteiger partial charge in [-0.1, -0.05) is 50.2 Å². The molecule has 0 aliphatic heterocycles. The van der Waals surface area contributed by atoms with Gasteiger partial charge in [0.25, 0.3) is 0 Å². The van der Waals surface area contributed by atoms with E-state index in [9.17, 15) is 4.79 Å². The third kappa shape index (κ3) is 2.77. The second kappa shape index (κ2) is 5.32. The number of hydrogen-bond acceptors (Lipinski definition) is 2. The van der Waals surface area contributed by atoms with Gasteiger partial charge < -0.3 is 5.73 Å². The number of fused-ring (bicyclic) bond motifs is 1. The van der Waals surface area contributed by atoms with Crippen molar-refractivity contribution in [2.45, 2.75) is 26.3 Å². The summed E-state index contributed by atoms with van der Waals surface area (Å²) in [4.78, 5) is 12.2. The Morgan fingerprint density at radius 1 is 1.11 bits per heavy atom. The van der Waals surface area contributed by atoms with Gasteiger partial charge in [-0.3, -0.25) is 4.79 Å². The lowest BCUT2D eigenvalue weighted by Gasteiger charge is -2.13. The molecule has 0 unspecified atom stereocenters. The Balaban J connectivity index is 2.28. The van der Waals surface area contributed by atoms with E-state index in [1.54, 1.807) is 0 Å². The molecule has 0 aliphatic rings. The van der Waals surface area contributed by atoms with Crippen LogP contribution in [0, 0.1) is 5.92 Å². The van der Waals surface area contributed by atoms with Crippen LogP contribution in [0.15, 0.2) is 42.5 Å². The van der Waals surface area contributed by atoms with Crippen LogP contribution in [-0.4, -0.2) is 11.8 Å². The lowest BCUT2D eigenvalue weighted by Crippen LogP contribution is -2.31. The fourth-order valence-electron chi connectivity index (χ4n) is 2.17. The quantitative estimate of drug-likeness (QED) is 0.834. The number of Topliss-reactive ketones (excluding diaryl/α,β-unsaturated/α-hetero) is 1. The summed E-state index contributed by atoms with van der Waals surface area (Å²) in [6, 6.07) is 13.4. The van der Waals surface area contributed by atoms with E-state index in [1.165, 1.54) is 0 Å². The van der Waals surface area contributed by atoms with Gasteiger partial charge in [-0.25, -0.2) is 0 Å². The van der Waals surface area contributed by atoms with Gasteiger partial charge in [-0.2, -0.15) is 0 Å². The summed E-state index contributed by atoms with van der Waals surface area (Å²) in [6.07, 6.45) is 0.728. The molecule has 1 atom stereocenters. The largest absolute Gasteiger partial charge is 0.321 e. The topological polar surface area (TPSA) is 43.1 Å². The highest BCUT2D eigenvalue weighted by Gasteiger charge is 2.16. The van der Waals surface area contributed by atoms with Crippen LogP contribution in [0.2, 0.25) is 0 Å². The number of ketones is 1. The van der Waals surface area contributed by atoms with Crippen LogP contribution in [0.5, 0.6) is 0 Å². The summed E-state index contributed by atoms with van der Waals surface area (Å²) in [5.74, 6) is 0.471. The van der Waals surface area contributed by atoms with E-state index in [4.69, 9.17) is 5.73 Å². The Kier molecular flexibility index (Phi) is 3.78. The lowest BCUT2D eigenvalue weighted by molar-refractivity contribution is 0.0951. The lowest BCUT2D eigenvalue weighted by atomic mass is 9.95. The fourth-order valence-corrected chi connectivity index (χ4v) is 2.17. The molecule has 0 radical (unpaired) electrons. The van der Waals surface area contributed by atoms with Crippen LogP contribution < -0.4 is 5.73 Å². The van der Waals surface area contributed by atoms with Crippen molar-refractivity contribution in [2.24, 2.45) is 11.7 Å². The molecule has 0 aliphatic carbocycles. The van der Waals surface area contributed by atoms with E-state index in [0.717, 1.165) is 17.2 Å². The van der Waals surface area contributed by atoms with Gasteiger partial charge in [0.05, 0.1) is 6.04 Å². The highest BCUT2D eigenvalue weighted by Crippen LogP contribution is 2.17. The molecule has 0 bridgehead atoms. The van der Waals surface area contributed by atoms with Crippen LogP contribution >= 0.6 is 0 Å². The predicted molar refractivity (Wildman–Crippen MR) is 75.7 cm³/mol. The van der Waals surface area contributed by atoms with Crippen molar-refractivity contribution in [3.63, 3.8) is 0 Å². The van der Waals surface area contributed by atoms with Gasteiger partial charge in [0.1, 0.15) is 0 Å². The Morgan fingerprint density at radius 3 is 2.44 bits per heavy atom. The van der Waals surface area contributed by atoms with Crippen LogP contribution in [0.3, 0.4) is 0 Å². The second-order valence-electron chi connectivity index (χ2n) is 5.16. The summed E-state index contributed by atoms with van der Waals surface area (Å²) < 4.78 is 0. The third-order valence-corrected chi connectivity index (χ3v) is 3.10. The van der Waals surface area contributed by atoms with Crippen molar-refractivity contribution >= 4 is 16.6 Å². The number of hydrogen-bond donors (Lipinski definition) is 1. The maximum absolute atomic E-state index is 12.2. The molecule has 2 nitrogen and oxygen atoms in total. The van der Waals surface area contributed by atoms with Crippen LogP contribution in [-0.2, 0) is 0 Å². The average Bonchev–Trinajstić information content (AvgIpc) is 2.36. The Morgan fingerprint density at radius 2 is 1.78 bits per heavy atom. The van der Waals surface area contributed by atoms with Gasteiger partial charge in [0.2, 0.25) is 0 Å². The number of carbonyl (C=O) groups is 1. The van der Waals surface area contributed by atoms with Gasteiger partial charge in [-0.05, 0) is 29.2 Å². The zero-order chi connectivity index (χ0) is 13.1. The molecule has 2 aromatic rings. The summed E-state index contributed by atoms with van der Waals surface area (Å²) in [7, 11) is 0. The molecule has 0 saturated carbocycles.